The molecule has 2 aromatic carbocycles. The van der Waals surface area contributed by atoms with Crippen LogP contribution in [0.1, 0.15) is 11.9 Å². The lowest BCUT2D eigenvalue weighted by Crippen LogP contribution is -2.28. The van der Waals surface area contributed by atoms with E-state index in [0.717, 1.165) is 27.6 Å². The lowest BCUT2D eigenvalue weighted by atomic mass is 10.1. The van der Waals surface area contributed by atoms with Crippen LogP contribution in [0, 0.1) is 0 Å². The van der Waals surface area contributed by atoms with Gasteiger partial charge in [-0.05, 0) is 24.3 Å². The van der Waals surface area contributed by atoms with E-state index in [-0.39, 0.29) is 11.9 Å². The van der Waals surface area contributed by atoms with Gasteiger partial charge >= 0.3 is 6.03 Å². The number of urea groups is 1. The minimum Gasteiger partial charge on any atom is -0.331 e. The summed E-state index contributed by atoms with van der Waals surface area (Å²) in [6, 6.07) is 16.5. The van der Waals surface area contributed by atoms with Crippen LogP contribution < -0.4 is 16.0 Å². The highest BCUT2D eigenvalue weighted by Gasteiger charge is 2.07. The quantitative estimate of drug-likeness (QED) is 0.636. The maximum absolute atomic E-state index is 11.9. The molecule has 26 heavy (non-hydrogen) atoms. The Morgan fingerprint density at radius 2 is 1.65 bits per heavy atom. The van der Waals surface area contributed by atoms with Gasteiger partial charge in [0.05, 0.1) is 12.2 Å². The highest BCUT2D eigenvalue weighted by Crippen LogP contribution is 2.23. The molecule has 0 saturated carbocycles. The Morgan fingerprint density at radius 1 is 0.962 bits per heavy atom. The highest BCUT2D eigenvalue weighted by molar-refractivity contribution is 7.09. The summed E-state index contributed by atoms with van der Waals surface area (Å²) in [5.41, 5.74) is 3.28. The van der Waals surface area contributed by atoms with Crippen LogP contribution in [0.4, 0.5) is 16.2 Å². The zero-order valence-corrected chi connectivity index (χ0v) is 15.0. The molecule has 3 rings (SSSR count). The van der Waals surface area contributed by atoms with Crippen molar-refractivity contribution in [2.75, 3.05) is 10.6 Å². The Balaban J connectivity index is 1.56. The van der Waals surface area contributed by atoms with Crippen LogP contribution in [0.3, 0.4) is 0 Å². The zero-order chi connectivity index (χ0) is 18.4. The summed E-state index contributed by atoms with van der Waals surface area (Å²) in [5, 5.41) is 11.0. The van der Waals surface area contributed by atoms with Crippen molar-refractivity contribution in [2.45, 2.75) is 13.5 Å². The van der Waals surface area contributed by atoms with Crippen molar-refractivity contribution in [1.29, 1.82) is 0 Å². The van der Waals surface area contributed by atoms with E-state index in [1.165, 1.54) is 18.3 Å². The summed E-state index contributed by atoms with van der Waals surface area (Å²) in [7, 11) is 0. The molecule has 0 radical (unpaired) electrons. The first-order valence-corrected chi connectivity index (χ1v) is 8.90. The molecule has 3 aromatic rings. The van der Waals surface area contributed by atoms with Gasteiger partial charge in [0.2, 0.25) is 5.91 Å². The molecule has 0 aliphatic rings. The maximum Gasteiger partial charge on any atom is 0.319 e. The lowest BCUT2D eigenvalue weighted by molar-refractivity contribution is -0.114. The number of rotatable bonds is 5. The molecule has 0 unspecified atom stereocenters. The Morgan fingerprint density at radius 3 is 2.35 bits per heavy atom. The molecule has 0 spiro atoms. The number of anilines is 2. The second-order valence-corrected chi connectivity index (χ2v) is 6.50. The molecule has 3 amide bonds. The van der Waals surface area contributed by atoms with Gasteiger partial charge in [0.1, 0.15) is 5.01 Å². The van der Waals surface area contributed by atoms with Gasteiger partial charge in [-0.2, -0.15) is 0 Å². The Labute approximate surface area is 155 Å². The molecule has 0 aliphatic carbocycles. The Hall–Kier alpha value is -3.19. The molecule has 1 heterocycles. The molecule has 0 bridgehead atoms. The van der Waals surface area contributed by atoms with Gasteiger partial charge in [0.15, 0.2) is 0 Å². The number of aromatic nitrogens is 1. The Kier molecular flexibility index (Phi) is 5.60. The fraction of sp³-hybridized carbons (Fsp3) is 0.105. The average Bonchev–Trinajstić information content (AvgIpc) is 3.10. The normalized spacial score (nSPS) is 10.2. The highest BCUT2D eigenvalue weighted by atomic mass is 32.1. The second-order valence-electron chi connectivity index (χ2n) is 5.56. The van der Waals surface area contributed by atoms with E-state index in [0.29, 0.717) is 6.54 Å². The van der Waals surface area contributed by atoms with Crippen LogP contribution >= 0.6 is 11.3 Å². The predicted molar refractivity (Wildman–Crippen MR) is 104 cm³/mol. The number of nitrogens with one attached hydrogen (secondary N) is 3. The molecule has 3 N–H and O–H groups in total. The topological polar surface area (TPSA) is 83.1 Å². The molecule has 0 fully saturated rings. The molecule has 0 atom stereocenters. The van der Waals surface area contributed by atoms with E-state index in [1.807, 2.05) is 60.0 Å². The van der Waals surface area contributed by atoms with Gasteiger partial charge in [-0.3, -0.25) is 4.79 Å². The third-order valence-corrected chi connectivity index (χ3v) is 4.33. The standard InChI is InChI=1S/C19H18N4O2S/c1-13(24)21-16-9-7-14(8-10-16)17-12-26-18(23-17)11-20-19(25)22-15-5-3-2-4-6-15/h2-10,12H,11H2,1H3,(H,21,24)(H2,20,22,25). The van der Waals surface area contributed by atoms with Crippen LogP contribution in [-0.2, 0) is 11.3 Å². The average molecular weight is 366 g/mol. The number of hydrogen-bond donors (Lipinski definition) is 3. The molecular weight excluding hydrogens is 348 g/mol. The molecule has 1 aromatic heterocycles. The predicted octanol–water partition coefficient (Wildman–Crippen LogP) is 4.09. The fourth-order valence-corrected chi connectivity index (χ4v) is 3.05. The first-order chi connectivity index (χ1) is 12.6. The molecule has 6 nitrogen and oxygen atoms in total. The number of thiazole rings is 1. The SMILES string of the molecule is CC(=O)Nc1ccc(-c2csc(CNC(=O)Nc3ccccc3)n2)cc1. The van der Waals surface area contributed by atoms with Crippen LogP contribution in [0.5, 0.6) is 0 Å². The number of carbonyl (C=O) groups excluding carboxylic acids is 2. The van der Waals surface area contributed by atoms with E-state index in [4.69, 9.17) is 0 Å². The number of benzene rings is 2. The maximum atomic E-state index is 11.9. The number of nitrogens with zero attached hydrogens (tertiary/aromatic N) is 1. The summed E-state index contributed by atoms with van der Waals surface area (Å²) in [6.45, 7) is 1.83. The van der Waals surface area contributed by atoms with E-state index < -0.39 is 0 Å². The number of carbonyl (C=O) groups is 2. The van der Waals surface area contributed by atoms with E-state index in [2.05, 4.69) is 20.9 Å². The summed E-state index contributed by atoms with van der Waals surface area (Å²) >= 11 is 1.48. The van der Waals surface area contributed by atoms with Crippen molar-refractivity contribution in [3.63, 3.8) is 0 Å². The van der Waals surface area contributed by atoms with Gasteiger partial charge in [0.25, 0.3) is 0 Å². The summed E-state index contributed by atoms with van der Waals surface area (Å²) in [6.07, 6.45) is 0. The molecule has 0 saturated heterocycles. The largest absolute Gasteiger partial charge is 0.331 e. The summed E-state index contributed by atoms with van der Waals surface area (Å²) in [5.74, 6) is -0.103. The van der Waals surface area contributed by atoms with Crippen LogP contribution in [0.15, 0.2) is 60.0 Å². The lowest BCUT2D eigenvalue weighted by Gasteiger charge is -2.05. The van der Waals surface area contributed by atoms with E-state index in [1.54, 1.807) is 0 Å². The van der Waals surface area contributed by atoms with Gasteiger partial charge in [0, 0.05) is 29.2 Å². The van der Waals surface area contributed by atoms with E-state index >= 15 is 0 Å². The van der Waals surface area contributed by atoms with Crippen molar-refractivity contribution < 1.29 is 9.59 Å². The first-order valence-electron chi connectivity index (χ1n) is 8.02. The third-order valence-electron chi connectivity index (χ3n) is 3.48. The third kappa shape index (κ3) is 4.90. The van der Waals surface area contributed by atoms with Crippen molar-refractivity contribution in [3.8, 4) is 11.3 Å². The number of amides is 3. The van der Waals surface area contributed by atoms with Crippen molar-refractivity contribution in [1.82, 2.24) is 10.3 Å². The smallest absolute Gasteiger partial charge is 0.319 e. The van der Waals surface area contributed by atoms with Gasteiger partial charge in [-0.15, -0.1) is 11.3 Å². The summed E-state index contributed by atoms with van der Waals surface area (Å²) < 4.78 is 0. The molecule has 7 heteroatoms. The monoisotopic (exact) mass is 366 g/mol. The van der Waals surface area contributed by atoms with Crippen LogP contribution in [0.2, 0.25) is 0 Å². The molecule has 132 valence electrons. The van der Waals surface area contributed by atoms with Crippen molar-refractivity contribution in [3.05, 3.63) is 65.0 Å². The molecular formula is C19H18N4O2S. The summed E-state index contributed by atoms with van der Waals surface area (Å²) in [4.78, 5) is 27.5. The minimum atomic E-state index is -0.271. The first kappa shape index (κ1) is 17.6. The fourth-order valence-electron chi connectivity index (χ4n) is 2.30. The van der Waals surface area contributed by atoms with Gasteiger partial charge in [-0.25, -0.2) is 9.78 Å². The van der Waals surface area contributed by atoms with Gasteiger partial charge < -0.3 is 16.0 Å². The zero-order valence-electron chi connectivity index (χ0n) is 14.2. The van der Waals surface area contributed by atoms with Crippen LogP contribution in [-0.4, -0.2) is 16.9 Å². The van der Waals surface area contributed by atoms with Crippen molar-refractivity contribution in [2.24, 2.45) is 0 Å². The minimum absolute atomic E-state index is 0.103. The second kappa shape index (κ2) is 8.26. The van der Waals surface area contributed by atoms with E-state index in [9.17, 15) is 9.59 Å². The number of para-hydroxylation sites is 1. The number of hydrogen-bond acceptors (Lipinski definition) is 4. The molecule has 0 aliphatic heterocycles. The van der Waals surface area contributed by atoms with Crippen LogP contribution in [0.25, 0.3) is 11.3 Å². The van der Waals surface area contributed by atoms with Crippen molar-refractivity contribution >= 4 is 34.6 Å². The Bertz CT molecular complexity index is 891. The van der Waals surface area contributed by atoms with Gasteiger partial charge in [-0.1, -0.05) is 30.3 Å².